The molecule has 1 aliphatic heterocycles. The van der Waals surface area contributed by atoms with Crippen LogP contribution in [0.25, 0.3) is 11.3 Å². The highest BCUT2D eigenvalue weighted by molar-refractivity contribution is 7.14. The van der Waals surface area contributed by atoms with E-state index in [1.54, 1.807) is 35.2 Å². The van der Waals surface area contributed by atoms with E-state index in [0.29, 0.717) is 36.0 Å². The Kier molecular flexibility index (Phi) is 6.54. The molecule has 1 aromatic heterocycles. The summed E-state index contributed by atoms with van der Waals surface area (Å²) in [4.78, 5) is 31.9. The van der Waals surface area contributed by atoms with Gasteiger partial charge in [-0.3, -0.25) is 14.5 Å². The summed E-state index contributed by atoms with van der Waals surface area (Å²) in [6, 6.07) is 16.8. The van der Waals surface area contributed by atoms with Gasteiger partial charge in [0.25, 0.3) is 11.8 Å². The van der Waals surface area contributed by atoms with E-state index in [4.69, 9.17) is 4.74 Å². The Hall–Kier alpha value is -3.29. The highest BCUT2D eigenvalue weighted by Crippen LogP contribution is 2.28. The molecule has 0 spiro atoms. The molecule has 2 aromatic carbocycles. The summed E-state index contributed by atoms with van der Waals surface area (Å²) in [5.41, 5.74) is 2.84. The van der Waals surface area contributed by atoms with Crippen molar-refractivity contribution in [2.24, 2.45) is 0 Å². The molecule has 6 nitrogen and oxygen atoms in total. The number of carbonyl (C=O) groups is 2. The number of benzene rings is 2. The molecule has 1 N–H and O–H groups in total. The highest BCUT2D eigenvalue weighted by atomic mass is 32.1. The minimum atomic E-state index is -0.427. The van der Waals surface area contributed by atoms with Gasteiger partial charge in [-0.15, -0.1) is 17.9 Å². The molecule has 1 aliphatic rings. The van der Waals surface area contributed by atoms with E-state index in [-0.39, 0.29) is 11.8 Å². The molecule has 1 fully saturated rings. The third-order valence-corrected chi connectivity index (χ3v) is 5.81. The lowest BCUT2D eigenvalue weighted by molar-refractivity contribution is -0.124. The van der Waals surface area contributed by atoms with Crippen LogP contribution in [0.3, 0.4) is 0 Å². The fourth-order valence-electron chi connectivity index (χ4n) is 3.40. The number of aromatic nitrogens is 1. The van der Waals surface area contributed by atoms with Gasteiger partial charge in [0, 0.05) is 35.3 Å². The van der Waals surface area contributed by atoms with Crippen molar-refractivity contribution >= 4 is 34.0 Å². The van der Waals surface area contributed by atoms with Crippen molar-refractivity contribution in [2.45, 2.75) is 18.9 Å². The van der Waals surface area contributed by atoms with E-state index in [9.17, 15) is 9.59 Å². The van der Waals surface area contributed by atoms with Gasteiger partial charge in [0.15, 0.2) is 5.13 Å². The molecule has 0 radical (unpaired) electrons. The summed E-state index contributed by atoms with van der Waals surface area (Å²) in [6.45, 7) is 4.71. The largest absolute Gasteiger partial charge is 0.368 e. The van der Waals surface area contributed by atoms with E-state index >= 15 is 0 Å². The highest BCUT2D eigenvalue weighted by Gasteiger charge is 2.24. The van der Waals surface area contributed by atoms with Crippen molar-refractivity contribution in [3.8, 4) is 11.3 Å². The predicted molar refractivity (Wildman–Crippen MR) is 123 cm³/mol. The zero-order valence-corrected chi connectivity index (χ0v) is 17.8. The van der Waals surface area contributed by atoms with Crippen molar-refractivity contribution < 1.29 is 14.3 Å². The first-order valence-corrected chi connectivity index (χ1v) is 11.0. The third-order valence-electron chi connectivity index (χ3n) is 4.95. The molecule has 158 valence electrons. The minimum Gasteiger partial charge on any atom is -0.368 e. The molecular formula is C24H23N3O3S. The average Bonchev–Trinajstić information content (AvgIpc) is 3.50. The fraction of sp³-hybridized carbons (Fsp3) is 0.208. The zero-order valence-electron chi connectivity index (χ0n) is 17.0. The van der Waals surface area contributed by atoms with Gasteiger partial charge in [0.05, 0.1) is 5.69 Å². The van der Waals surface area contributed by atoms with E-state index in [1.807, 2.05) is 35.7 Å². The zero-order chi connectivity index (χ0) is 21.6. The molecule has 4 rings (SSSR count). The van der Waals surface area contributed by atoms with E-state index in [2.05, 4.69) is 16.9 Å². The molecule has 0 bridgehead atoms. The normalized spacial score (nSPS) is 15.4. The second-order valence-corrected chi connectivity index (χ2v) is 7.99. The first kappa shape index (κ1) is 21.0. The molecule has 7 heteroatoms. The lowest BCUT2D eigenvalue weighted by atomic mass is 10.1. The van der Waals surface area contributed by atoms with Crippen LogP contribution in [0.4, 0.5) is 10.8 Å². The van der Waals surface area contributed by atoms with E-state index < -0.39 is 6.10 Å². The SMILES string of the molecule is C=CCN(C(=O)c1cccc(NC(=O)C2CCCO2)c1)c1nc(-c2ccccc2)cs1. The number of thiazole rings is 1. The maximum Gasteiger partial charge on any atom is 0.260 e. The number of amides is 2. The monoisotopic (exact) mass is 433 g/mol. The number of anilines is 2. The molecule has 1 saturated heterocycles. The number of hydrogen-bond donors (Lipinski definition) is 1. The molecular weight excluding hydrogens is 410 g/mol. The van der Waals surface area contributed by atoms with Gasteiger partial charge in [-0.1, -0.05) is 42.5 Å². The van der Waals surface area contributed by atoms with Gasteiger partial charge < -0.3 is 10.1 Å². The standard InChI is InChI=1S/C24H23N3O3S/c1-2-13-27(24-26-20(16-31-24)17-8-4-3-5-9-17)23(29)18-10-6-11-19(15-18)25-22(28)21-12-7-14-30-21/h2-6,8-11,15-16,21H,1,7,12-14H2,(H,25,28). The first-order valence-electron chi connectivity index (χ1n) is 10.1. The van der Waals surface area contributed by atoms with E-state index in [1.165, 1.54) is 11.3 Å². The fourth-order valence-corrected chi connectivity index (χ4v) is 4.24. The first-order chi connectivity index (χ1) is 15.2. The van der Waals surface area contributed by atoms with Gasteiger partial charge in [0.2, 0.25) is 0 Å². The lowest BCUT2D eigenvalue weighted by Crippen LogP contribution is -2.31. The van der Waals surface area contributed by atoms with Crippen molar-refractivity contribution in [1.29, 1.82) is 0 Å². The molecule has 3 aromatic rings. The van der Waals surface area contributed by atoms with Crippen LogP contribution in [-0.4, -0.2) is 36.1 Å². The lowest BCUT2D eigenvalue weighted by Gasteiger charge is -2.19. The molecule has 31 heavy (non-hydrogen) atoms. The van der Waals surface area contributed by atoms with E-state index in [0.717, 1.165) is 17.7 Å². The van der Waals surface area contributed by atoms with Gasteiger partial charge >= 0.3 is 0 Å². The number of ether oxygens (including phenoxy) is 1. The van der Waals surface area contributed by atoms with Gasteiger partial charge in [-0.05, 0) is 31.0 Å². The second-order valence-electron chi connectivity index (χ2n) is 7.16. The number of carbonyl (C=O) groups excluding carboxylic acids is 2. The average molecular weight is 434 g/mol. The second kappa shape index (κ2) is 9.68. The van der Waals surface area contributed by atoms with Crippen LogP contribution in [0, 0.1) is 0 Å². The molecule has 2 amide bonds. The number of hydrogen-bond acceptors (Lipinski definition) is 5. The summed E-state index contributed by atoms with van der Waals surface area (Å²) in [6.07, 6.45) is 2.84. The van der Waals surface area contributed by atoms with Gasteiger partial charge in [-0.25, -0.2) is 4.98 Å². The van der Waals surface area contributed by atoms with Crippen LogP contribution in [0.1, 0.15) is 23.2 Å². The van der Waals surface area contributed by atoms with Crippen molar-refractivity contribution in [1.82, 2.24) is 4.98 Å². The van der Waals surface area contributed by atoms with Crippen LogP contribution in [-0.2, 0) is 9.53 Å². The maximum atomic E-state index is 13.3. The summed E-state index contributed by atoms with van der Waals surface area (Å²) in [7, 11) is 0. The summed E-state index contributed by atoms with van der Waals surface area (Å²) in [5, 5.41) is 5.38. The van der Waals surface area contributed by atoms with Gasteiger partial charge in [-0.2, -0.15) is 0 Å². The summed E-state index contributed by atoms with van der Waals surface area (Å²) >= 11 is 1.41. The summed E-state index contributed by atoms with van der Waals surface area (Å²) in [5.74, 6) is -0.389. The molecule has 1 unspecified atom stereocenters. The molecule has 2 heterocycles. The molecule has 1 atom stereocenters. The molecule has 0 saturated carbocycles. The number of rotatable bonds is 7. The topological polar surface area (TPSA) is 71.5 Å². The number of nitrogens with zero attached hydrogens (tertiary/aromatic N) is 2. The Morgan fingerprint density at radius 1 is 1.23 bits per heavy atom. The Bertz CT molecular complexity index is 1070. The Balaban J connectivity index is 1.54. The smallest absolute Gasteiger partial charge is 0.260 e. The Morgan fingerprint density at radius 3 is 2.81 bits per heavy atom. The van der Waals surface area contributed by atoms with Crippen molar-refractivity contribution in [3.63, 3.8) is 0 Å². The summed E-state index contributed by atoms with van der Waals surface area (Å²) < 4.78 is 5.43. The quantitative estimate of drug-likeness (QED) is 0.545. The van der Waals surface area contributed by atoms with Crippen LogP contribution < -0.4 is 10.2 Å². The van der Waals surface area contributed by atoms with Crippen LogP contribution in [0.2, 0.25) is 0 Å². The van der Waals surface area contributed by atoms with Gasteiger partial charge in [0.1, 0.15) is 6.10 Å². The predicted octanol–water partition coefficient (Wildman–Crippen LogP) is 4.76. The number of nitrogens with one attached hydrogen (secondary N) is 1. The molecule has 0 aliphatic carbocycles. The van der Waals surface area contributed by atoms with Crippen molar-refractivity contribution in [3.05, 3.63) is 78.2 Å². The van der Waals surface area contributed by atoms with Crippen LogP contribution in [0.5, 0.6) is 0 Å². The third kappa shape index (κ3) is 4.90. The van der Waals surface area contributed by atoms with Crippen molar-refractivity contribution in [2.75, 3.05) is 23.4 Å². The van der Waals surface area contributed by atoms with Crippen LogP contribution in [0.15, 0.2) is 72.6 Å². The Labute approximate surface area is 185 Å². The maximum absolute atomic E-state index is 13.3. The Morgan fingerprint density at radius 2 is 2.06 bits per heavy atom. The minimum absolute atomic E-state index is 0.183. The van der Waals surface area contributed by atoms with Crippen LogP contribution >= 0.6 is 11.3 Å².